The molecule has 28 heavy (non-hydrogen) atoms. The van der Waals surface area contributed by atoms with Crippen LogP contribution in [0, 0.1) is 0 Å². The van der Waals surface area contributed by atoms with E-state index in [1.807, 2.05) is 12.1 Å². The highest BCUT2D eigenvalue weighted by atomic mass is 16.5. The van der Waals surface area contributed by atoms with E-state index in [2.05, 4.69) is 6.92 Å². The molecule has 0 aliphatic heterocycles. The lowest BCUT2D eigenvalue weighted by molar-refractivity contribution is 0.0827. The molecule has 0 spiro atoms. The van der Waals surface area contributed by atoms with Crippen LogP contribution in [0.15, 0.2) is 42.5 Å². The van der Waals surface area contributed by atoms with Gasteiger partial charge < -0.3 is 14.4 Å². The van der Waals surface area contributed by atoms with Gasteiger partial charge in [0, 0.05) is 36.9 Å². The smallest absolute Gasteiger partial charge is 0.253 e. The molecule has 0 saturated heterocycles. The first-order valence-electron chi connectivity index (χ1n) is 9.20. The van der Waals surface area contributed by atoms with Crippen molar-refractivity contribution in [2.24, 2.45) is 0 Å². The quantitative estimate of drug-likeness (QED) is 0.507. The first-order valence-corrected chi connectivity index (χ1v) is 9.20. The van der Waals surface area contributed by atoms with Gasteiger partial charge in [-0.1, -0.05) is 25.5 Å². The number of carbonyl (C=O) groups excluding carboxylic acids is 2. The summed E-state index contributed by atoms with van der Waals surface area (Å²) in [4.78, 5) is 26.0. The van der Waals surface area contributed by atoms with Gasteiger partial charge in [0.15, 0.2) is 5.78 Å². The lowest BCUT2D eigenvalue weighted by Crippen LogP contribution is -2.21. The monoisotopic (exact) mass is 381 g/mol. The van der Waals surface area contributed by atoms with Gasteiger partial charge in [0.25, 0.3) is 5.91 Å². The van der Waals surface area contributed by atoms with Gasteiger partial charge >= 0.3 is 0 Å². The Kier molecular flexibility index (Phi) is 7.38. The van der Waals surface area contributed by atoms with Gasteiger partial charge in [-0.15, -0.1) is 0 Å². The number of ketones is 1. The zero-order chi connectivity index (χ0) is 20.7. The highest BCUT2D eigenvalue weighted by Gasteiger charge is 2.11. The van der Waals surface area contributed by atoms with Crippen molar-refractivity contribution in [3.05, 3.63) is 64.7 Å². The number of ether oxygens (including phenoxy) is 2. The third kappa shape index (κ3) is 5.00. The molecule has 2 rings (SSSR count). The van der Waals surface area contributed by atoms with Gasteiger partial charge in [-0.05, 0) is 42.3 Å². The molecule has 148 valence electrons. The van der Waals surface area contributed by atoms with Gasteiger partial charge in [-0.2, -0.15) is 0 Å². The number of allylic oxidation sites excluding steroid dienone is 1. The average molecular weight is 381 g/mol. The van der Waals surface area contributed by atoms with E-state index < -0.39 is 0 Å². The summed E-state index contributed by atoms with van der Waals surface area (Å²) in [7, 11) is 6.62. The van der Waals surface area contributed by atoms with E-state index in [0.29, 0.717) is 16.9 Å². The van der Waals surface area contributed by atoms with Crippen LogP contribution in [0.4, 0.5) is 0 Å². The van der Waals surface area contributed by atoms with Crippen molar-refractivity contribution in [3.8, 4) is 11.5 Å². The highest BCUT2D eigenvalue weighted by Crippen LogP contribution is 2.31. The fraction of sp³-hybridized carbons (Fsp3) is 0.304. The maximum Gasteiger partial charge on any atom is 0.253 e. The molecular weight excluding hydrogens is 354 g/mol. The summed E-state index contributed by atoms with van der Waals surface area (Å²) < 4.78 is 10.9. The minimum Gasteiger partial charge on any atom is -0.496 e. The third-order valence-electron chi connectivity index (χ3n) is 4.39. The van der Waals surface area contributed by atoms with Crippen LogP contribution in [0.1, 0.15) is 45.2 Å². The molecule has 0 unspecified atom stereocenters. The molecule has 0 fully saturated rings. The standard InChI is InChI=1S/C23H27NO4/c1-6-7-18-14-19(22(28-5)15-21(18)27-4)12-13-20(25)16-8-10-17(11-9-16)23(26)24(2)3/h8-15H,6-7H2,1-5H3. The Morgan fingerprint density at radius 1 is 0.964 bits per heavy atom. The van der Waals surface area contributed by atoms with Crippen LogP contribution in [-0.4, -0.2) is 44.9 Å². The van der Waals surface area contributed by atoms with E-state index in [0.717, 1.165) is 29.7 Å². The summed E-state index contributed by atoms with van der Waals surface area (Å²) in [5.74, 6) is 1.19. The maximum atomic E-state index is 12.5. The molecule has 5 nitrogen and oxygen atoms in total. The molecule has 1 amide bonds. The molecule has 0 aromatic heterocycles. The molecule has 2 aromatic rings. The zero-order valence-corrected chi connectivity index (χ0v) is 17.1. The van der Waals surface area contributed by atoms with Gasteiger partial charge in [0.2, 0.25) is 0 Å². The van der Waals surface area contributed by atoms with Crippen LogP contribution < -0.4 is 9.47 Å². The number of methoxy groups -OCH3 is 2. The summed E-state index contributed by atoms with van der Waals surface area (Å²) in [6.45, 7) is 2.10. The van der Waals surface area contributed by atoms with Gasteiger partial charge in [0.1, 0.15) is 11.5 Å². The number of hydrogen-bond acceptors (Lipinski definition) is 4. The number of hydrogen-bond donors (Lipinski definition) is 0. The lowest BCUT2D eigenvalue weighted by Gasteiger charge is -2.13. The Bertz CT molecular complexity index is 867. The van der Waals surface area contributed by atoms with Crippen LogP contribution in [0.5, 0.6) is 11.5 Å². The minimum atomic E-state index is -0.140. The molecule has 0 aliphatic carbocycles. The summed E-state index contributed by atoms with van der Waals surface area (Å²) in [5.41, 5.74) is 2.96. The van der Waals surface area contributed by atoms with Crippen LogP contribution in [0.3, 0.4) is 0 Å². The maximum absolute atomic E-state index is 12.5. The van der Waals surface area contributed by atoms with Crippen molar-refractivity contribution < 1.29 is 19.1 Å². The molecule has 0 radical (unpaired) electrons. The van der Waals surface area contributed by atoms with Gasteiger partial charge in [-0.3, -0.25) is 9.59 Å². The largest absolute Gasteiger partial charge is 0.496 e. The summed E-state index contributed by atoms with van der Waals surface area (Å²) in [6, 6.07) is 10.5. The second kappa shape index (κ2) is 9.74. The van der Waals surface area contributed by atoms with Crippen LogP contribution >= 0.6 is 0 Å². The molecule has 0 bridgehead atoms. The van der Waals surface area contributed by atoms with Crippen molar-refractivity contribution in [3.63, 3.8) is 0 Å². The molecule has 0 N–H and O–H groups in total. The van der Waals surface area contributed by atoms with Crippen LogP contribution in [0.2, 0.25) is 0 Å². The Hall–Kier alpha value is -3.08. The van der Waals surface area contributed by atoms with Crippen molar-refractivity contribution >= 4 is 17.8 Å². The van der Waals surface area contributed by atoms with Gasteiger partial charge in [-0.25, -0.2) is 0 Å². The predicted molar refractivity (Wildman–Crippen MR) is 111 cm³/mol. The normalized spacial score (nSPS) is 10.8. The Balaban J connectivity index is 2.26. The Morgan fingerprint density at radius 3 is 2.11 bits per heavy atom. The average Bonchev–Trinajstić information content (AvgIpc) is 2.71. The summed E-state index contributed by atoms with van der Waals surface area (Å²) in [6.07, 6.45) is 5.13. The number of amides is 1. The molecule has 5 heteroatoms. The van der Waals surface area contributed by atoms with E-state index in [1.54, 1.807) is 58.7 Å². The van der Waals surface area contributed by atoms with Crippen molar-refractivity contribution in [1.29, 1.82) is 0 Å². The third-order valence-corrected chi connectivity index (χ3v) is 4.39. The van der Waals surface area contributed by atoms with E-state index in [4.69, 9.17) is 9.47 Å². The molecular formula is C23H27NO4. The topological polar surface area (TPSA) is 55.8 Å². The van der Waals surface area contributed by atoms with Crippen molar-refractivity contribution in [2.45, 2.75) is 19.8 Å². The SMILES string of the molecule is CCCc1cc(C=CC(=O)c2ccc(C(=O)N(C)C)cc2)c(OC)cc1OC. The lowest BCUT2D eigenvalue weighted by atomic mass is 10.0. The number of carbonyl (C=O) groups is 2. The number of rotatable bonds is 8. The van der Waals surface area contributed by atoms with Crippen LogP contribution in [-0.2, 0) is 6.42 Å². The summed E-state index contributed by atoms with van der Waals surface area (Å²) in [5, 5.41) is 0. The molecule has 2 aromatic carbocycles. The first kappa shape index (κ1) is 21.2. The first-order chi connectivity index (χ1) is 13.4. The molecule has 0 saturated carbocycles. The number of nitrogens with zero attached hydrogens (tertiary/aromatic N) is 1. The number of aryl methyl sites for hydroxylation is 1. The molecule has 0 aliphatic rings. The highest BCUT2D eigenvalue weighted by molar-refractivity contribution is 6.07. The molecule has 0 atom stereocenters. The second-order valence-electron chi connectivity index (χ2n) is 6.63. The second-order valence-corrected chi connectivity index (χ2v) is 6.63. The van der Waals surface area contributed by atoms with E-state index in [9.17, 15) is 9.59 Å². The van der Waals surface area contributed by atoms with Crippen molar-refractivity contribution in [1.82, 2.24) is 4.90 Å². The fourth-order valence-electron chi connectivity index (χ4n) is 2.88. The summed E-state index contributed by atoms with van der Waals surface area (Å²) >= 11 is 0. The molecule has 0 heterocycles. The Morgan fingerprint density at radius 2 is 1.57 bits per heavy atom. The van der Waals surface area contributed by atoms with E-state index in [1.165, 1.54) is 11.0 Å². The van der Waals surface area contributed by atoms with Crippen molar-refractivity contribution in [2.75, 3.05) is 28.3 Å². The minimum absolute atomic E-state index is 0.0963. The number of benzene rings is 2. The predicted octanol–water partition coefficient (Wildman–Crippen LogP) is 4.25. The van der Waals surface area contributed by atoms with E-state index >= 15 is 0 Å². The zero-order valence-electron chi connectivity index (χ0n) is 17.1. The fourth-order valence-corrected chi connectivity index (χ4v) is 2.88. The van der Waals surface area contributed by atoms with Crippen LogP contribution in [0.25, 0.3) is 6.08 Å². The van der Waals surface area contributed by atoms with Gasteiger partial charge in [0.05, 0.1) is 14.2 Å². The van der Waals surface area contributed by atoms with E-state index in [-0.39, 0.29) is 11.7 Å². The Labute approximate surface area is 166 Å².